The summed E-state index contributed by atoms with van der Waals surface area (Å²) in [5.41, 5.74) is 0.756. The Balaban J connectivity index is 2.05. The summed E-state index contributed by atoms with van der Waals surface area (Å²) < 4.78 is 61.2. The highest BCUT2D eigenvalue weighted by Gasteiger charge is 2.48. The van der Waals surface area contributed by atoms with Crippen LogP contribution in [0.15, 0.2) is 24.3 Å². The standard InChI is InChI=1S/C15H19F3N2O3S/c16-15(17,18)13-4-2-1-3-12(13)14(21)20-11-7-5-10(6-8-11)9-24(19,22)23/h5-8,12-13H,1-4,9H2,(H,20,21)(H2,19,22,23). The third kappa shape index (κ3) is 5.20. The molecule has 1 aromatic carbocycles. The lowest BCUT2D eigenvalue weighted by Crippen LogP contribution is -2.39. The maximum absolute atomic E-state index is 13.1. The van der Waals surface area contributed by atoms with Crippen LogP contribution in [0.4, 0.5) is 18.9 Å². The zero-order valence-corrected chi connectivity index (χ0v) is 13.7. The maximum atomic E-state index is 13.1. The third-order valence-corrected chi connectivity index (χ3v) is 4.85. The molecular formula is C15H19F3N2O3S. The fourth-order valence-corrected chi connectivity index (χ4v) is 3.65. The van der Waals surface area contributed by atoms with Crippen molar-refractivity contribution in [2.75, 3.05) is 5.32 Å². The number of primary sulfonamides is 1. The second-order valence-electron chi connectivity index (χ2n) is 6.03. The number of rotatable bonds is 4. The Morgan fingerprint density at radius 2 is 1.75 bits per heavy atom. The van der Waals surface area contributed by atoms with Crippen LogP contribution in [0.3, 0.4) is 0 Å². The van der Waals surface area contributed by atoms with Gasteiger partial charge in [0.05, 0.1) is 11.7 Å². The number of hydrogen-bond acceptors (Lipinski definition) is 3. The molecule has 0 aromatic heterocycles. The van der Waals surface area contributed by atoms with Gasteiger partial charge in [0.2, 0.25) is 15.9 Å². The van der Waals surface area contributed by atoms with E-state index in [4.69, 9.17) is 5.14 Å². The van der Waals surface area contributed by atoms with Crippen molar-refractivity contribution in [1.29, 1.82) is 0 Å². The predicted octanol–water partition coefficient (Wildman–Crippen LogP) is 2.78. The topological polar surface area (TPSA) is 89.3 Å². The van der Waals surface area contributed by atoms with E-state index in [9.17, 15) is 26.4 Å². The van der Waals surface area contributed by atoms with Crippen LogP contribution >= 0.6 is 0 Å². The number of carbonyl (C=O) groups is 1. The lowest BCUT2D eigenvalue weighted by molar-refractivity contribution is -0.197. The predicted molar refractivity (Wildman–Crippen MR) is 83.4 cm³/mol. The van der Waals surface area contributed by atoms with E-state index >= 15 is 0 Å². The van der Waals surface area contributed by atoms with Crippen molar-refractivity contribution in [1.82, 2.24) is 0 Å². The number of benzene rings is 1. The van der Waals surface area contributed by atoms with Crippen molar-refractivity contribution in [3.05, 3.63) is 29.8 Å². The van der Waals surface area contributed by atoms with Crippen LogP contribution in [0.25, 0.3) is 0 Å². The highest BCUT2D eigenvalue weighted by molar-refractivity contribution is 7.88. The van der Waals surface area contributed by atoms with Crippen LogP contribution in [-0.4, -0.2) is 20.5 Å². The van der Waals surface area contributed by atoms with Gasteiger partial charge in [-0.2, -0.15) is 13.2 Å². The molecule has 134 valence electrons. The van der Waals surface area contributed by atoms with E-state index in [1.54, 1.807) is 0 Å². The van der Waals surface area contributed by atoms with Crippen molar-refractivity contribution in [3.8, 4) is 0 Å². The van der Waals surface area contributed by atoms with Crippen LogP contribution in [0.5, 0.6) is 0 Å². The number of halogens is 3. The van der Waals surface area contributed by atoms with E-state index in [-0.39, 0.29) is 18.6 Å². The number of nitrogens with one attached hydrogen (secondary N) is 1. The molecule has 1 saturated carbocycles. The van der Waals surface area contributed by atoms with Crippen LogP contribution in [0.1, 0.15) is 31.2 Å². The highest BCUT2D eigenvalue weighted by atomic mass is 32.2. The second-order valence-corrected chi connectivity index (χ2v) is 7.65. The van der Waals surface area contributed by atoms with Gasteiger partial charge in [-0.25, -0.2) is 13.6 Å². The molecule has 5 nitrogen and oxygen atoms in total. The molecule has 24 heavy (non-hydrogen) atoms. The van der Waals surface area contributed by atoms with Gasteiger partial charge in [0.15, 0.2) is 0 Å². The molecule has 2 rings (SSSR count). The fourth-order valence-electron chi connectivity index (χ4n) is 2.99. The Hall–Kier alpha value is -1.61. The lowest BCUT2D eigenvalue weighted by atomic mass is 9.78. The molecule has 1 aliphatic rings. The van der Waals surface area contributed by atoms with Gasteiger partial charge in [0, 0.05) is 11.6 Å². The summed E-state index contributed by atoms with van der Waals surface area (Å²) >= 11 is 0. The SMILES string of the molecule is NS(=O)(=O)Cc1ccc(NC(=O)C2CCCCC2C(F)(F)F)cc1. The molecule has 9 heteroatoms. The third-order valence-electron chi connectivity index (χ3n) is 4.11. The van der Waals surface area contributed by atoms with Crippen LogP contribution in [0, 0.1) is 11.8 Å². The normalized spacial score (nSPS) is 22.2. The Morgan fingerprint density at radius 1 is 1.17 bits per heavy atom. The van der Waals surface area contributed by atoms with E-state index in [0.29, 0.717) is 24.1 Å². The van der Waals surface area contributed by atoms with Crippen LogP contribution in [0.2, 0.25) is 0 Å². The van der Waals surface area contributed by atoms with Crippen molar-refractivity contribution >= 4 is 21.6 Å². The van der Waals surface area contributed by atoms with Gasteiger partial charge in [-0.3, -0.25) is 4.79 Å². The Bertz CT molecular complexity index is 687. The summed E-state index contributed by atoms with van der Waals surface area (Å²) in [6.07, 6.45) is -3.15. The number of amides is 1. The van der Waals surface area contributed by atoms with Crippen molar-refractivity contribution in [3.63, 3.8) is 0 Å². The highest BCUT2D eigenvalue weighted by Crippen LogP contribution is 2.41. The number of nitrogens with two attached hydrogens (primary N) is 1. The minimum atomic E-state index is -4.39. The Morgan fingerprint density at radius 3 is 2.29 bits per heavy atom. The zero-order chi connectivity index (χ0) is 18.0. The van der Waals surface area contributed by atoms with Crippen LogP contribution in [-0.2, 0) is 20.6 Å². The molecule has 2 atom stereocenters. The van der Waals surface area contributed by atoms with Gasteiger partial charge in [0.1, 0.15) is 0 Å². The molecule has 0 spiro atoms. The monoisotopic (exact) mass is 364 g/mol. The van der Waals surface area contributed by atoms with Gasteiger partial charge in [0.25, 0.3) is 0 Å². The van der Waals surface area contributed by atoms with Gasteiger partial charge in [-0.05, 0) is 30.5 Å². The first-order valence-electron chi connectivity index (χ1n) is 7.53. The molecule has 0 radical (unpaired) electrons. The number of hydrogen-bond donors (Lipinski definition) is 2. The number of carbonyl (C=O) groups excluding carboxylic acids is 1. The first kappa shape index (κ1) is 18.7. The molecule has 3 N–H and O–H groups in total. The Labute approximate surface area is 138 Å². The van der Waals surface area contributed by atoms with Gasteiger partial charge >= 0.3 is 6.18 Å². The zero-order valence-electron chi connectivity index (χ0n) is 12.8. The summed E-state index contributed by atoms with van der Waals surface area (Å²) in [6.45, 7) is 0. The average molecular weight is 364 g/mol. The van der Waals surface area contributed by atoms with E-state index < -0.39 is 33.9 Å². The molecule has 1 fully saturated rings. The molecule has 0 saturated heterocycles. The van der Waals surface area contributed by atoms with Gasteiger partial charge < -0.3 is 5.32 Å². The van der Waals surface area contributed by atoms with Crippen molar-refractivity contribution < 1.29 is 26.4 Å². The molecule has 0 aliphatic heterocycles. The fraction of sp³-hybridized carbons (Fsp3) is 0.533. The summed E-state index contributed by atoms with van der Waals surface area (Å²) in [4.78, 5) is 12.2. The molecule has 0 bridgehead atoms. The first-order valence-corrected chi connectivity index (χ1v) is 9.25. The molecular weight excluding hydrogens is 345 g/mol. The van der Waals surface area contributed by atoms with E-state index in [0.717, 1.165) is 0 Å². The summed E-state index contributed by atoms with van der Waals surface area (Å²) in [5.74, 6) is -3.72. The van der Waals surface area contributed by atoms with E-state index in [1.165, 1.54) is 24.3 Å². The average Bonchev–Trinajstić information content (AvgIpc) is 2.47. The molecule has 0 heterocycles. The first-order chi connectivity index (χ1) is 11.1. The molecule has 1 aromatic rings. The number of sulfonamides is 1. The lowest BCUT2D eigenvalue weighted by Gasteiger charge is -2.32. The molecule has 1 amide bonds. The largest absolute Gasteiger partial charge is 0.392 e. The van der Waals surface area contributed by atoms with Crippen LogP contribution < -0.4 is 10.5 Å². The molecule has 1 aliphatic carbocycles. The van der Waals surface area contributed by atoms with Gasteiger partial charge in [-0.15, -0.1) is 0 Å². The minimum Gasteiger partial charge on any atom is -0.326 e. The van der Waals surface area contributed by atoms with E-state index in [1.807, 2.05) is 0 Å². The second kappa shape index (κ2) is 7.10. The minimum absolute atomic E-state index is 0.0329. The Kier molecular flexibility index (Phi) is 5.54. The smallest absolute Gasteiger partial charge is 0.326 e. The summed E-state index contributed by atoms with van der Waals surface area (Å²) in [7, 11) is -3.67. The van der Waals surface area contributed by atoms with Crippen molar-refractivity contribution in [2.45, 2.75) is 37.6 Å². The number of anilines is 1. The maximum Gasteiger partial charge on any atom is 0.392 e. The summed E-state index contributed by atoms with van der Waals surface area (Å²) in [6, 6.07) is 5.82. The molecule has 2 unspecified atom stereocenters. The quantitative estimate of drug-likeness (QED) is 0.861. The number of alkyl halides is 3. The summed E-state index contributed by atoms with van der Waals surface area (Å²) in [5, 5.41) is 7.42. The van der Waals surface area contributed by atoms with Crippen molar-refractivity contribution in [2.24, 2.45) is 17.0 Å². The van der Waals surface area contributed by atoms with E-state index in [2.05, 4.69) is 5.32 Å². The van der Waals surface area contributed by atoms with Gasteiger partial charge in [-0.1, -0.05) is 25.0 Å².